The Morgan fingerprint density at radius 1 is 1.04 bits per heavy atom. The number of methoxy groups -OCH3 is 1. The van der Waals surface area contributed by atoms with E-state index in [1.54, 1.807) is 7.11 Å². The number of aryl methyl sites for hydroxylation is 1. The summed E-state index contributed by atoms with van der Waals surface area (Å²) in [5, 5.41) is 3.09. The molecular weight excluding hydrogens is 342 g/mol. The van der Waals surface area contributed by atoms with Crippen LogP contribution < -0.4 is 19.5 Å². The van der Waals surface area contributed by atoms with E-state index in [0.717, 1.165) is 29.1 Å². The van der Waals surface area contributed by atoms with Gasteiger partial charge in [0, 0.05) is 18.7 Å². The van der Waals surface area contributed by atoms with Gasteiger partial charge in [0.05, 0.1) is 31.7 Å². The molecule has 0 aliphatic carbocycles. The molecule has 0 bridgehead atoms. The highest BCUT2D eigenvalue weighted by Crippen LogP contribution is 2.35. The summed E-state index contributed by atoms with van der Waals surface area (Å²) < 4.78 is 17.0. The van der Waals surface area contributed by atoms with Crippen LogP contribution in [0.3, 0.4) is 0 Å². The molecule has 1 aromatic carbocycles. The van der Waals surface area contributed by atoms with Crippen LogP contribution in [0.1, 0.15) is 45.2 Å². The predicted octanol–water partition coefficient (Wildman–Crippen LogP) is 4.86. The lowest BCUT2D eigenvalue weighted by Gasteiger charge is -2.15. The molecule has 2 rings (SSSR count). The van der Waals surface area contributed by atoms with Crippen molar-refractivity contribution in [3.05, 3.63) is 23.9 Å². The molecule has 6 heteroatoms. The first-order valence-corrected chi connectivity index (χ1v) is 9.64. The first-order chi connectivity index (χ1) is 13.1. The molecule has 0 atom stereocenters. The van der Waals surface area contributed by atoms with Crippen LogP contribution in [0.15, 0.2) is 18.2 Å². The molecule has 2 aromatic rings. The van der Waals surface area contributed by atoms with Crippen LogP contribution in [-0.4, -0.2) is 37.3 Å². The fraction of sp³-hybridized carbons (Fsp3) is 0.524. The Kier molecular flexibility index (Phi) is 8.17. The summed E-state index contributed by atoms with van der Waals surface area (Å²) >= 11 is 0. The van der Waals surface area contributed by atoms with Gasteiger partial charge in [-0.15, -0.1) is 0 Å². The lowest BCUT2D eigenvalue weighted by atomic mass is 10.1. The standard InChI is InChI=1S/C21H31N3O3/c1-6-8-9-10-13-27-21-20(22-4)24-19(15(3)23-21)17-12-11-16(26-7-2)14-18(17)25-5/h11-12,14H,6-10,13H2,1-5H3,(H,22,24). The van der Waals surface area contributed by atoms with Crippen LogP contribution >= 0.6 is 0 Å². The second kappa shape index (κ2) is 10.6. The van der Waals surface area contributed by atoms with E-state index in [2.05, 4.69) is 17.2 Å². The number of benzene rings is 1. The topological polar surface area (TPSA) is 65.5 Å². The van der Waals surface area contributed by atoms with Crippen molar-refractivity contribution in [3.63, 3.8) is 0 Å². The molecule has 27 heavy (non-hydrogen) atoms. The first-order valence-electron chi connectivity index (χ1n) is 9.64. The summed E-state index contributed by atoms with van der Waals surface area (Å²) in [6.45, 7) is 7.34. The van der Waals surface area contributed by atoms with Gasteiger partial charge >= 0.3 is 0 Å². The van der Waals surface area contributed by atoms with Crippen LogP contribution in [0.2, 0.25) is 0 Å². The molecule has 0 aliphatic heterocycles. The Hall–Kier alpha value is -2.50. The van der Waals surface area contributed by atoms with Gasteiger partial charge in [0.25, 0.3) is 5.88 Å². The SMILES string of the molecule is CCCCCCOc1nc(C)c(-c2ccc(OCC)cc2OC)nc1NC. The third-order valence-corrected chi connectivity index (χ3v) is 4.25. The maximum Gasteiger partial charge on any atom is 0.257 e. The molecule has 0 spiro atoms. The molecule has 0 fully saturated rings. The number of anilines is 1. The molecule has 0 aliphatic rings. The van der Waals surface area contributed by atoms with Crippen molar-refractivity contribution in [2.75, 3.05) is 32.7 Å². The van der Waals surface area contributed by atoms with E-state index in [4.69, 9.17) is 19.2 Å². The zero-order valence-electron chi connectivity index (χ0n) is 17.1. The van der Waals surface area contributed by atoms with Crippen molar-refractivity contribution >= 4 is 5.82 Å². The Balaban J connectivity index is 2.28. The Bertz CT molecular complexity index is 735. The minimum atomic E-state index is 0.542. The van der Waals surface area contributed by atoms with Gasteiger partial charge in [0.15, 0.2) is 5.82 Å². The monoisotopic (exact) mass is 373 g/mol. The smallest absolute Gasteiger partial charge is 0.257 e. The van der Waals surface area contributed by atoms with Crippen molar-refractivity contribution in [2.45, 2.75) is 46.5 Å². The van der Waals surface area contributed by atoms with Gasteiger partial charge in [-0.1, -0.05) is 26.2 Å². The third kappa shape index (κ3) is 5.49. The number of hydrogen-bond acceptors (Lipinski definition) is 6. The summed E-state index contributed by atoms with van der Waals surface area (Å²) in [7, 11) is 3.46. The fourth-order valence-electron chi connectivity index (χ4n) is 2.84. The molecule has 0 amide bonds. The quantitative estimate of drug-likeness (QED) is 0.568. The average molecular weight is 373 g/mol. The first kappa shape index (κ1) is 20.8. The number of ether oxygens (including phenoxy) is 3. The fourth-order valence-corrected chi connectivity index (χ4v) is 2.84. The highest BCUT2D eigenvalue weighted by molar-refractivity contribution is 5.72. The Morgan fingerprint density at radius 3 is 2.52 bits per heavy atom. The molecule has 0 saturated heterocycles. The lowest BCUT2D eigenvalue weighted by molar-refractivity contribution is 0.294. The van der Waals surface area contributed by atoms with E-state index in [0.29, 0.717) is 30.7 Å². The summed E-state index contributed by atoms with van der Waals surface area (Å²) in [6, 6.07) is 5.74. The number of nitrogens with zero attached hydrogens (tertiary/aromatic N) is 2. The average Bonchev–Trinajstić information content (AvgIpc) is 2.68. The highest BCUT2D eigenvalue weighted by Gasteiger charge is 2.17. The van der Waals surface area contributed by atoms with Crippen LogP contribution in [0.25, 0.3) is 11.3 Å². The van der Waals surface area contributed by atoms with Crippen molar-refractivity contribution in [1.29, 1.82) is 0 Å². The molecule has 0 saturated carbocycles. The molecule has 0 unspecified atom stereocenters. The number of unbranched alkanes of at least 4 members (excludes halogenated alkanes) is 3. The highest BCUT2D eigenvalue weighted by atomic mass is 16.5. The summed E-state index contributed by atoms with van der Waals surface area (Å²) in [6.07, 6.45) is 4.62. The van der Waals surface area contributed by atoms with Gasteiger partial charge in [-0.3, -0.25) is 0 Å². The van der Waals surface area contributed by atoms with Gasteiger partial charge < -0.3 is 19.5 Å². The number of hydrogen-bond donors (Lipinski definition) is 1. The van der Waals surface area contributed by atoms with Crippen LogP contribution in [-0.2, 0) is 0 Å². The zero-order chi connectivity index (χ0) is 19.6. The normalized spacial score (nSPS) is 10.6. The van der Waals surface area contributed by atoms with Crippen molar-refractivity contribution in [1.82, 2.24) is 9.97 Å². The number of rotatable bonds is 11. The largest absolute Gasteiger partial charge is 0.496 e. The number of aromatic nitrogens is 2. The van der Waals surface area contributed by atoms with E-state index in [1.165, 1.54) is 19.3 Å². The zero-order valence-corrected chi connectivity index (χ0v) is 17.1. The van der Waals surface area contributed by atoms with E-state index in [-0.39, 0.29) is 0 Å². The van der Waals surface area contributed by atoms with E-state index in [1.807, 2.05) is 39.1 Å². The second-order valence-corrected chi connectivity index (χ2v) is 6.27. The van der Waals surface area contributed by atoms with E-state index in [9.17, 15) is 0 Å². The van der Waals surface area contributed by atoms with Gasteiger partial charge in [0.1, 0.15) is 11.5 Å². The van der Waals surface area contributed by atoms with Gasteiger partial charge in [0.2, 0.25) is 0 Å². The molecule has 1 N–H and O–H groups in total. The molecule has 1 heterocycles. The van der Waals surface area contributed by atoms with E-state index >= 15 is 0 Å². The Morgan fingerprint density at radius 2 is 1.85 bits per heavy atom. The summed E-state index contributed by atoms with van der Waals surface area (Å²) in [5.41, 5.74) is 2.43. The minimum absolute atomic E-state index is 0.542. The van der Waals surface area contributed by atoms with Crippen molar-refractivity contribution in [3.8, 4) is 28.6 Å². The Labute approximate surface area is 162 Å². The summed E-state index contributed by atoms with van der Waals surface area (Å²) in [4.78, 5) is 9.38. The molecular formula is C21H31N3O3. The van der Waals surface area contributed by atoms with E-state index < -0.39 is 0 Å². The summed E-state index contributed by atoms with van der Waals surface area (Å²) in [5.74, 6) is 2.64. The molecule has 0 radical (unpaired) electrons. The van der Waals surface area contributed by atoms with Crippen molar-refractivity contribution in [2.24, 2.45) is 0 Å². The van der Waals surface area contributed by atoms with Gasteiger partial charge in [-0.25, -0.2) is 9.97 Å². The maximum atomic E-state index is 5.87. The van der Waals surface area contributed by atoms with Crippen LogP contribution in [0.4, 0.5) is 5.82 Å². The van der Waals surface area contributed by atoms with Crippen molar-refractivity contribution < 1.29 is 14.2 Å². The van der Waals surface area contributed by atoms with Crippen LogP contribution in [0, 0.1) is 6.92 Å². The molecule has 6 nitrogen and oxygen atoms in total. The molecule has 148 valence electrons. The second-order valence-electron chi connectivity index (χ2n) is 6.27. The van der Waals surface area contributed by atoms with Gasteiger partial charge in [-0.05, 0) is 32.4 Å². The lowest BCUT2D eigenvalue weighted by Crippen LogP contribution is -2.07. The maximum absolute atomic E-state index is 5.87. The molecule has 1 aromatic heterocycles. The minimum Gasteiger partial charge on any atom is -0.496 e. The predicted molar refractivity (Wildman–Crippen MR) is 109 cm³/mol. The van der Waals surface area contributed by atoms with Gasteiger partial charge in [-0.2, -0.15) is 0 Å². The number of nitrogens with one attached hydrogen (secondary N) is 1. The van der Waals surface area contributed by atoms with Crippen LogP contribution in [0.5, 0.6) is 17.4 Å². The third-order valence-electron chi connectivity index (χ3n) is 4.25.